The SMILES string of the molecule is O=C(O)C(F)(F)F.[B]=NS.c1ccc(Cc2ccccc2)cc1. The van der Waals surface area contributed by atoms with Crippen LogP contribution in [0.1, 0.15) is 11.1 Å². The van der Waals surface area contributed by atoms with E-state index in [1.165, 1.54) is 11.1 Å². The molecule has 2 aromatic carbocycles. The zero-order valence-corrected chi connectivity index (χ0v) is 12.8. The number of nitrogens with zero attached hydrogens (tertiary/aromatic N) is 1. The second-order valence-electron chi connectivity index (χ2n) is 4.07. The van der Waals surface area contributed by atoms with Gasteiger partial charge in [0.25, 0.3) is 0 Å². The summed E-state index contributed by atoms with van der Waals surface area (Å²) in [6.45, 7) is 0. The fourth-order valence-electron chi connectivity index (χ4n) is 1.43. The first kappa shape index (κ1) is 20.9. The molecule has 2 aromatic rings. The molecule has 1 radical (unpaired) electrons. The van der Waals surface area contributed by atoms with E-state index in [0.29, 0.717) is 0 Å². The number of carboxylic acids is 1. The van der Waals surface area contributed by atoms with Gasteiger partial charge in [0.1, 0.15) is 0 Å². The van der Waals surface area contributed by atoms with Crippen LogP contribution in [0.4, 0.5) is 13.2 Å². The summed E-state index contributed by atoms with van der Waals surface area (Å²) in [6.07, 6.45) is -4.05. The molecule has 0 aromatic heterocycles. The molecule has 3 nitrogen and oxygen atoms in total. The van der Waals surface area contributed by atoms with E-state index in [0.717, 1.165) is 6.42 Å². The van der Waals surface area contributed by atoms with Crippen LogP contribution in [-0.2, 0) is 11.2 Å². The molecule has 8 heteroatoms. The van der Waals surface area contributed by atoms with Crippen molar-refractivity contribution < 1.29 is 23.1 Å². The molecule has 0 aliphatic heterocycles. The van der Waals surface area contributed by atoms with Gasteiger partial charge in [-0.25, -0.2) is 4.79 Å². The maximum atomic E-state index is 10.6. The Morgan fingerprint density at radius 3 is 1.48 bits per heavy atom. The molecular weight excluding hydrogens is 326 g/mol. The maximum Gasteiger partial charge on any atom is -0.00258 e. The second-order valence-corrected chi connectivity index (χ2v) is 4.30. The van der Waals surface area contributed by atoms with Crippen LogP contribution in [-0.4, -0.2) is 24.9 Å². The average Bonchev–Trinajstić information content (AvgIpc) is 2.50. The Morgan fingerprint density at radius 1 is 1.00 bits per heavy atom. The summed E-state index contributed by atoms with van der Waals surface area (Å²) in [4.78, 5) is 8.90. The van der Waals surface area contributed by atoms with Crippen molar-refractivity contribution in [3.05, 3.63) is 71.8 Å². The molecular formula is C15H14BF3NO2S. The van der Waals surface area contributed by atoms with Crippen molar-refractivity contribution in [2.24, 2.45) is 4.30 Å². The molecule has 0 unspecified atom stereocenters. The van der Waals surface area contributed by atoms with Crippen LogP contribution in [0.3, 0.4) is 0 Å². The summed E-state index contributed by atoms with van der Waals surface area (Å²) in [5.74, 6) is -2.76. The van der Waals surface area contributed by atoms with Crippen molar-refractivity contribution in [2.75, 3.05) is 0 Å². The molecule has 0 saturated carbocycles. The molecule has 0 bridgehead atoms. The van der Waals surface area contributed by atoms with Crippen molar-refractivity contribution in [1.29, 1.82) is 0 Å². The van der Waals surface area contributed by atoms with Gasteiger partial charge < -0.3 is 5.11 Å². The third kappa shape index (κ3) is 11.2. The molecule has 121 valence electrons. The topological polar surface area (TPSA) is 49.7 Å². The van der Waals surface area contributed by atoms with Gasteiger partial charge in [0.15, 0.2) is 0 Å². The molecule has 23 heavy (non-hydrogen) atoms. The van der Waals surface area contributed by atoms with Crippen molar-refractivity contribution in [3.8, 4) is 0 Å². The average molecular weight is 340 g/mol. The summed E-state index contributed by atoms with van der Waals surface area (Å²) < 4.78 is 34.4. The fourth-order valence-corrected chi connectivity index (χ4v) is 1.43. The molecule has 1 N–H and O–H groups in total. The van der Waals surface area contributed by atoms with Crippen molar-refractivity contribution in [2.45, 2.75) is 12.6 Å². The molecule has 0 atom stereocenters. The van der Waals surface area contributed by atoms with Gasteiger partial charge in [-0.2, -0.15) is 13.2 Å². The number of benzene rings is 2. The first-order valence-electron chi connectivity index (χ1n) is 6.23. The van der Waals surface area contributed by atoms with Gasteiger partial charge in [0.05, 0.1) is 0 Å². The number of aliphatic carboxylic acids is 1. The maximum absolute atomic E-state index is 10.6. The van der Waals surface area contributed by atoms with E-state index in [4.69, 9.17) is 9.90 Å². The first-order valence-corrected chi connectivity index (χ1v) is 6.63. The van der Waals surface area contributed by atoms with Gasteiger partial charge in [0, 0.05) is 0 Å². The Labute approximate surface area is 138 Å². The largest absolute Gasteiger partial charge is 0.0622 e. The van der Waals surface area contributed by atoms with Crippen molar-refractivity contribution >= 4 is 26.4 Å². The van der Waals surface area contributed by atoms with Crippen LogP contribution < -0.4 is 0 Å². The minimum atomic E-state index is -5.08. The summed E-state index contributed by atoms with van der Waals surface area (Å²) in [5, 5.41) is 7.12. The van der Waals surface area contributed by atoms with Gasteiger partial charge in [0.2, 0.25) is 0 Å². The van der Waals surface area contributed by atoms with Crippen LogP contribution in [0.5, 0.6) is 0 Å². The van der Waals surface area contributed by atoms with Crippen LogP contribution in [0, 0.1) is 0 Å². The Kier molecular flexibility index (Phi) is 10.4. The molecule has 0 aliphatic rings. The van der Waals surface area contributed by atoms with Gasteiger partial charge >= 0.3 is 36.9 Å². The number of carboxylic acid groups (broad SMARTS) is 1. The van der Waals surface area contributed by atoms with E-state index in [-0.39, 0.29) is 0 Å². The number of alkyl halides is 3. The smallest absolute Gasteiger partial charge is 0.00258 e. The number of rotatable bonds is 2. The van der Waals surface area contributed by atoms with E-state index in [1.54, 1.807) is 0 Å². The first-order chi connectivity index (χ1) is 10.8. The molecule has 0 saturated heterocycles. The monoisotopic (exact) mass is 340 g/mol. The second kappa shape index (κ2) is 11.5. The zero-order valence-electron chi connectivity index (χ0n) is 11.9. The third-order valence-electron chi connectivity index (χ3n) is 2.34. The van der Waals surface area contributed by atoms with Crippen LogP contribution >= 0.6 is 12.8 Å². The van der Waals surface area contributed by atoms with Gasteiger partial charge in [-0.15, -0.1) is 0 Å². The quantitative estimate of drug-likeness (QED) is 0.639. The zero-order chi connectivity index (χ0) is 17.7. The number of thiol groups is 1. The Bertz CT molecular complexity index is 543. The van der Waals surface area contributed by atoms with Crippen molar-refractivity contribution in [1.82, 2.24) is 0 Å². The van der Waals surface area contributed by atoms with E-state index in [9.17, 15) is 13.2 Å². The van der Waals surface area contributed by atoms with E-state index < -0.39 is 12.1 Å². The Balaban J connectivity index is 0.000000412. The van der Waals surface area contributed by atoms with E-state index in [1.807, 2.05) is 0 Å². The van der Waals surface area contributed by atoms with E-state index >= 15 is 0 Å². The Morgan fingerprint density at radius 2 is 1.26 bits per heavy atom. The number of hydrogen-bond donors (Lipinski definition) is 2. The van der Waals surface area contributed by atoms with Crippen LogP contribution in [0.25, 0.3) is 0 Å². The van der Waals surface area contributed by atoms with Gasteiger partial charge in [-0.1, -0.05) is 60.7 Å². The molecule has 0 heterocycles. The predicted molar refractivity (Wildman–Crippen MR) is 86.5 cm³/mol. The number of halogens is 3. The third-order valence-corrected chi connectivity index (χ3v) is 2.34. The van der Waals surface area contributed by atoms with Crippen LogP contribution in [0.15, 0.2) is 65.0 Å². The fraction of sp³-hybridized carbons (Fsp3) is 0.133. The summed E-state index contributed by atoms with van der Waals surface area (Å²) in [5.41, 5.74) is 2.74. The normalized spacial score (nSPS) is 9.52. The van der Waals surface area contributed by atoms with E-state index in [2.05, 4.69) is 85.4 Å². The molecule has 2 rings (SSSR count). The number of hydrogen-bond acceptors (Lipinski definition) is 3. The predicted octanol–water partition coefficient (Wildman–Crippen LogP) is 4.09. The molecule has 0 amide bonds. The summed E-state index contributed by atoms with van der Waals surface area (Å²) >= 11 is 3.19. The Hall–Kier alpha value is -2.09. The molecule has 0 spiro atoms. The summed E-state index contributed by atoms with van der Waals surface area (Å²) in [7, 11) is 4.34. The minimum Gasteiger partial charge on any atom is -0.0622 e. The van der Waals surface area contributed by atoms with Gasteiger partial charge in [-0.05, 0) is 17.5 Å². The molecule has 0 aliphatic carbocycles. The van der Waals surface area contributed by atoms with Gasteiger partial charge in [-0.3, -0.25) is 0 Å². The minimum absolute atomic E-state index is 1.03. The summed E-state index contributed by atoms with van der Waals surface area (Å²) in [6, 6.07) is 21.1. The molecule has 0 fully saturated rings. The number of carbonyl (C=O) groups is 1. The standard InChI is InChI=1S/C13H12.C2HF3O2.BHNS/c1-3-7-12(8-4-1)11-13-9-5-2-6-10-13;3-2(4,5)1(6)7;1-2-3/h1-10H,11H2;(H,6,7);3H. The van der Waals surface area contributed by atoms with Crippen molar-refractivity contribution in [3.63, 3.8) is 0 Å². The van der Waals surface area contributed by atoms with Crippen LogP contribution in [0.2, 0.25) is 0 Å².